The molecule has 134 valence electrons. The normalized spacial score (nSPS) is 10.8. The summed E-state index contributed by atoms with van der Waals surface area (Å²) in [7, 11) is 3.87. The highest BCUT2D eigenvalue weighted by Crippen LogP contribution is 2.29. The number of rotatable bonds is 3. The van der Waals surface area contributed by atoms with Crippen LogP contribution >= 0.6 is 0 Å². The zero-order chi connectivity index (χ0) is 19.0. The zero-order valence-electron chi connectivity index (χ0n) is 14.7. The molecule has 26 heavy (non-hydrogen) atoms. The highest BCUT2D eigenvalue weighted by molar-refractivity contribution is 6.12. The Balaban J connectivity index is 2.54. The fraction of sp³-hybridized carbons (Fsp3) is 0.211. The van der Waals surface area contributed by atoms with Crippen LogP contribution in [0.4, 0.5) is 0 Å². The quantitative estimate of drug-likeness (QED) is 0.526. The maximum atomic E-state index is 13.0. The molecule has 0 aliphatic carbocycles. The third-order valence-corrected chi connectivity index (χ3v) is 4.14. The van der Waals surface area contributed by atoms with Gasteiger partial charge in [-0.3, -0.25) is 4.79 Å². The molecule has 0 atom stereocenters. The molecule has 0 aliphatic heterocycles. The minimum atomic E-state index is -0.800. The molecule has 1 heterocycles. The fourth-order valence-corrected chi connectivity index (χ4v) is 2.89. The highest BCUT2D eigenvalue weighted by atomic mass is 16.5. The summed E-state index contributed by atoms with van der Waals surface area (Å²) in [5, 5.41) is 0.500. The number of carbonyl (C=O) groups is 2. The Hall–Kier alpha value is -3.35. The summed E-state index contributed by atoms with van der Waals surface area (Å²) in [6, 6.07) is 6.18. The molecule has 0 bridgehead atoms. The van der Waals surface area contributed by atoms with Gasteiger partial charge in [-0.25, -0.2) is 9.59 Å². The van der Waals surface area contributed by atoms with E-state index in [4.69, 9.17) is 18.6 Å². The van der Waals surface area contributed by atoms with Crippen molar-refractivity contribution in [3.05, 3.63) is 51.2 Å². The number of hydrogen-bond donors (Lipinski definition) is 0. The minimum absolute atomic E-state index is 0.0140. The monoisotopic (exact) mass is 356 g/mol. The van der Waals surface area contributed by atoms with Crippen molar-refractivity contribution < 1.29 is 28.2 Å². The Morgan fingerprint density at radius 1 is 1.00 bits per heavy atom. The first-order chi connectivity index (χ1) is 12.4. The van der Waals surface area contributed by atoms with Gasteiger partial charge in [0.2, 0.25) is 5.43 Å². The van der Waals surface area contributed by atoms with Gasteiger partial charge < -0.3 is 18.6 Å². The van der Waals surface area contributed by atoms with Gasteiger partial charge in [-0.1, -0.05) is 0 Å². The third kappa shape index (κ3) is 2.57. The Labute approximate surface area is 148 Å². The van der Waals surface area contributed by atoms with Crippen molar-refractivity contribution in [1.29, 1.82) is 0 Å². The zero-order valence-corrected chi connectivity index (χ0v) is 14.7. The van der Waals surface area contributed by atoms with Crippen LogP contribution < -0.4 is 10.2 Å². The lowest BCUT2D eigenvalue weighted by molar-refractivity contribution is 0.0556. The Kier molecular flexibility index (Phi) is 4.38. The van der Waals surface area contributed by atoms with Gasteiger partial charge in [-0.05, 0) is 36.8 Å². The van der Waals surface area contributed by atoms with Crippen molar-refractivity contribution in [3.8, 4) is 5.75 Å². The van der Waals surface area contributed by atoms with Crippen molar-refractivity contribution in [2.45, 2.75) is 6.92 Å². The first-order valence-corrected chi connectivity index (χ1v) is 7.67. The summed E-state index contributed by atoms with van der Waals surface area (Å²) in [4.78, 5) is 37.4. The lowest BCUT2D eigenvalue weighted by Crippen LogP contribution is -2.15. The van der Waals surface area contributed by atoms with Gasteiger partial charge in [0.05, 0.1) is 37.7 Å². The molecule has 1 aromatic heterocycles. The van der Waals surface area contributed by atoms with E-state index in [-0.39, 0.29) is 33.1 Å². The molecule has 7 nitrogen and oxygen atoms in total. The van der Waals surface area contributed by atoms with E-state index in [0.717, 1.165) is 0 Å². The van der Waals surface area contributed by atoms with Crippen LogP contribution in [0, 0.1) is 6.92 Å². The van der Waals surface area contributed by atoms with E-state index in [2.05, 4.69) is 0 Å². The van der Waals surface area contributed by atoms with E-state index in [1.165, 1.54) is 27.4 Å². The van der Waals surface area contributed by atoms with Crippen LogP contribution in [0.15, 0.2) is 33.5 Å². The minimum Gasteiger partial charge on any atom is -0.497 e. The van der Waals surface area contributed by atoms with Gasteiger partial charge in [0.1, 0.15) is 16.9 Å². The van der Waals surface area contributed by atoms with Crippen molar-refractivity contribution in [1.82, 2.24) is 0 Å². The summed E-state index contributed by atoms with van der Waals surface area (Å²) in [6.07, 6.45) is 0. The smallest absolute Gasteiger partial charge is 0.342 e. The maximum absolute atomic E-state index is 13.0. The second-order valence-corrected chi connectivity index (χ2v) is 5.60. The van der Waals surface area contributed by atoms with Crippen molar-refractivity contribution in [2.75, 3.05) is 21.3 Å². The molecule has 0 fully saturated rings. The van der Waals surface area contributed by atoms with Crippen LogP contribution in [-0.2, 0) is 9.47 Å². The van der Waals surface area contributed by atoms with E-state index in [9.17, 15) is 14.4 Å². The van der Waals surface area contributed by atoms with Gasteiger partial charge >= 0.3 is 11.9 Å². The maximum Gasteiger partial charge on any atom is 0.342 e. The van der Waals surface area contributed by atoms with Crippen LogP contribution in [0.1, 0.15) is 26.3 Å². The van der Waals surface area contributed by atoms with Gasteiger partial charge in [0.15, 0.2) is 5.58 Å². The largest absolute Gasteiger partial charge is 0.497 e. The van der Waals surface area contributed by atoms with Crippen LogP contribution in [0.25, 0.3) is 21.9 Å². The van der Waals surface area contributed by atoms with Crippen molar-refractivity contribution >= 4 is 33.9 Å². The topological polar surface area (TPSA) is 92.0 Å². The number of benzene rings is 2. The van der Waals surface area contributed by atoms with E-state index in [1.807, 2.05) is 0 Å². The third-order valence-electron chi connectivity index (χ3n) is 4.14. The number of esters is 2. The van der Waals surface area contributed by atoms with Crippen LogP contribution in [0.5, 0.6) is 5.75 Å². The summed E-state index contributed by atoms with van der Waals surface area (Å²) in [5.41, 5.74) is 0.218. The number of ether oxygens (including phenoxy) is 3. The molecule has 0 spiro atoms. The van der Waals surface area contributed by atoms with Crippen LogP contribution in [0.3, 0.4) is 0 Å². The molecule has 0 N–H and O–H groups in total. The summed E-state index contributed by atoms with van der Waals surface area (Å²) < 4.78 is 20.5. The lowest BCUT2D eigenvalue weighted by atomic mass is 9.98. The summed E-state index contributed by atoms with van der Waals surface area (Å²) in [6.45, 7) is 1.65. The molecule has 3 rings (SSSR count). The molecular weight excluding hydrogens is 340 g/mol. The molecule has 0 aliphatic rings. The predicted octanol–water partition coefficient (Wildman–Crippen LogP) is 2.84. The van der Waals surface area contributed by atoms with E-state index >= 15 is 0 Å². The molecule has 0 radical (unpaired) electrons. The summed E-state index contributed by atoms with van der Waals surface area (Å²) >= 11 is 0. The molecule has 3 aromatic rings. The van der Waals surface area contributed by atoms with E-state index < -0.39 is 11.9 Å². The van der Waals surface area contributed by atoms with Gasteiger partial charge in [-0.2, -0.15) is 0 Å². The van der Waals surface area contributed by atoms with E-state index in [1.54, 1.807) is 25.1 Å². The van der Waals surface area contributed by atoms with Gasteiger partial charge in [-0.15, -0.1) is 0 Å². The number of methoxy groups -OCH3 is 3. The van der Waals surface area contributed by atoms with Crippen molar-refractivity contribution in [2.24, 2.45) is 0 Å². The Bertz CT molecular complexity index is 1110. The SMILES string of the molecule is COC(=O)c1cc(C)c2c(=O)c3cc(OC)ccc3oc2c1C(=O)OC. The molecule has 0 saturated heterocycles. The Morgan fingerprint density at radius 2 is 1.69 bits per heavy atom. The Morgan fingerprint density at radius 3 is 2.31 bits per heavy atom. The molecular formula is C19H16O7. The standard InChI is InChI=1S/C19H16O7/c1-9-7-12(18(21)24-3)15(19(22)25-4)17-14(9)16(20)11-8-10(23-2)5-6-13(11)26-17/h5-8H,1-4H3. The number of hydrogen-bond acceptors (Lipinski definition) is 7. The molecule has 0 amide bonds. The van der Waals surface area contributed by atoms with Crippen LogP contribution in [-0.4, -0.2) is 33.3 Å². The number of carbonyl (C=O) groups excluding carboxylic acids is 2. The molecule has 7 heteroatoms. The second kappa shape index (κ2) is 6.51. The second-order valence-electron chi connectivity index (χ2n) is 5.60. The van der Waals surface area contributed by atoms with Crippen LogP contribution in [0.2, 0.25) is 0 Å². The average molecular weight is 356 g/mol. The fourth-order valence-electron chi connectivity index (χ4n) is 2.89. The lowest BCUT2D eigenvalue weighted by Gasteiger charge is -2.12. The molecule has 0 unspecified atom stereocenters. The van der Waals surface area contributed by atoms with Crippen molar-refractivity contribution in [3.63, 3.8) is 0 Å². The van der Waals surface area contributed by atoms with Gasteiger partial charge in [0.25, 0.3) is 0 Å². The number of fused-ring (bicyclic) bond motifs is 2. The first kappa shape index (κ1) is 17.5. The first-order valence-electron chi connectivity index (χ1n) is 7.67. The van der Waals surface area contributed by atoms with E-state index in [0.29, 0.717) is 16.7 Å². The summed E-state index contributed by atoms with van der Waals surface area (Å²) in [5.74, 6) is -1.03. The highest BCUT2D eigenvalue weighted by Gasteiger charge is 2.26. The van der Waals surface area contributed by atoms with Gasteiger partial charge in [0, 0.05) is 0 Å². The molecule has 2 aromatic carbocycles. The molecule has 0 saturated carbocycles. The number of aryl methyl sites for hydroxylation is 1. The predicted molar refractivity (Wildman–Crippen MR) is 94.0 cm³/mol. The average Bonchev–Trinajstić information content (AvgIpc) is 2.66.